The van der Waals surface area contributed by atoms with Crippen molar-refractivity contribution in [2.24, 2.45) is 5.73 Å². The molecule has 3 aromatic rings. The van der Waals surface area contributed by atoms with E-state index in [1.165, 1.54) is 6.20 Å². The fourth-order valence-corrected chi connectivity index (χ4v) is 3.01. The van der Waals surface area contributed by atoms with E-state index in [-0.39, 0.29) is 18.2 Å². The van der Waals surface area contributed by atoms with Crippen molar-refractivity contribution in [3.63, 3.8) is 0 Å². The smallest absolute Gasteiger partial charge is 0.267 e. The van der Waals surface area contributed by atoms with Crippen molar-refractivity contribution in [1.82, 2.24) is 4.98 Å². The molecule has 1 aromatic heterocycles. The number of benzene rings is 2. The van der Waals surface area contributed by atoms with Gasteiger partial charge in [-0.2, -0.15) is 5.26 Å². The highest BCUT2D eigenvalue weighted by Crippen LogP contribution is 2.21. The van der Waals surface area contributed by atoms with Gasteiger partial charge in [-0.1, -0.05) is 23.7 Å². The van der Waals surface area contributed by atoms with Crippen LogP contribution in [-0.2, 0) is 17.8 Å². The average Bonchev–Trinajstić information content (AvgIpc) is 2.77. The quantitative estimate of drug-likeness (QED) is 0.558. The van der Waals surface area contributed by atoms with Crippen LogP contribution in [0.2, 0.25) is 5.02 Å². The number of hydrogen-bond acceptors (Lipinski definition) is 5. The summed E-state index contributed by atoms with van der Waals surface area (Å²) >= 11 is 5.98. The molecule has 8 heteroatoms. The fraction of sp³-hybridized carbons (Fsp3) is 0.130. The Morgan fingerprint density at radius 1 is 1.10 bits per heavy atom. The number of carbonyl (C=O) groups is 2. The normalized spacial score (nSPS) is 10.2. The highest BCUT2D eigenvalue weighted by molar-refractivity contribution is 6.32. The maximum Gasteiger partial charge on any atom is 0.267 e. The average molecular weight is 435 g/mol. The third-order valence-electron chi connectivity index (χ3n) is 4.42. The van der Waals surface area contributed by atoms with Crippen LogP contribution in [0.3, 0.4) is 0 Å². The van der Waals surface area contributed by atoms with Crippen molar-refractivity contribution in [3.05, 3.63) is 88.2 Å². The summed E-state index contributed by atoms with van der Waals surface area (Å²) in [4.78, 5) is 27.3. The van der Waals surface area contributed by atoms with Crippen molar-refractivity contribution in [1.29, 1.82) is 5.26 Å². The highest BCUT2D eigenvalue weighted by atomic mass is 35.5. The summed E-state index contributed by atoms with van der Waals surface area (Å²) in [7, 11) is 0. The van der Waals surface area contributed by atoms with E-state index in [0.29, 0.717) is 34.9 Å². The molecule has 3 rings (SSSR count). The molecule has 0 bridgehead atoms. The second-order valence-electron chi connectivity index (χ2n) is 6.70. The van der Waals surface area contributed by atoms with Crippen LogP contribution in [0.25, 0.3) is 0 Å². The molecular weight excluding hydrogens is 416 g/mol. The molecule has 0 aliphatic rings. The lowest BCUT2D eigenvalue weighted by Crippen LogP contribution is -2.13. The summed E-state index contributed by atoms with van der Waals surface area (Å²) in [5.74, 6) is -0.0700. The molecule has 0 unspecified atom stereocenters. The van der Waals surface area contributed by atoms with Gasteiger partial charge in [0.25, 0.3) is 5.91 Å². The van der Waals surface area contributed by atoms with Crippen LogP contribution < -0.4 is 15.8 Å². The maximum atomic E-state index is 12.2. The van der Waals surface area contributed by atoms with Crippen molar-refractivity contribution < 1.29 is 14.3 Å². The first-order valence-electron chi connectivity index (χ1n) is 9.40. The lowest BCUT2D eigenvalue weighted by atomic mass is 10.1. The van der Waals surface area contributed by atoms with Crippen molar-refractivity contribution in [2.75, 3.05) is 5.32 Å². The van der Waals surface area contributed by atoms with E-state index < -0.39 is 5.91 Å². The summed E-state index contributed by atoms with van der Waals surface area (Å²) in [6, 6.07) is 17.5. The van der Waals surface area contributed by atoms with Crippen molar-refractivity contribution in [3.8, 4) is 11.8 Å². The molecule has 0 saturated carbocycles. The number of amides is 2. The van der Waals surface area contributed by atoms with Crippen LogP contribution in [-0.4, -0.2) is 16.8 Å². The second kappa shape index (κ2) is 10.2. The largest absolute Gasteiger partial charge is 0.489 e. The molecule has 0 atom stereocenters. The Labute approximate surface area is 184 Å². The number of hydrogen-bond donors (Lipinski definition) is 2. The van der Waals surface area contributed by atoms with Gasteiger partial charge >= 0.3 is 0 Å². The van der Waals surface area contributed by atoms with Gasteiger partial charge in [-0.3, -0.25) is 14.6 Å². The minimum atomic E-state index is -0.586. The number of rotatable bonds is 8. The van der Waals surface area contributed by atoms with E-state index in [9.17, 15) is 9.59 Å². The Bertz CT molecular complexity index is 1140. The fourth-order valence-electron chi connectivity index (χ4n) is 2.78. The van der Waals surface area contributed by atoms with Gasteiger partial charge in [0.05, 0.1) is 10.6 Å². The Hall–Kier alpha value is -3.89. The molecular formula is C23H19ClN4O3. The maximum absolute atomic E-state index is 12.2. The first-order chi connectivity index (χ1) is 14.9. The minimum Gasteiger partial charge on any atom is -0.489 e. The SMILES string of the molecule is N#Cc1ccc(NC(=O)CCc2ccc(OCc3ccnc(C(N)=O)c3)cc2)cc1Cl. The predicted octanol–water partition coefficient (Wildman–Crippen LogP) is 3.86. The van der Waals surface area contributed by atoms with Crippen LogP contribution in [0.1, 0.15) is 33.6 Å². The molecule has 0 aliphatic heterocycles. The number of nitrogens with two attached hydrogens (primary N) is 1. The summed E-state index contributed by atoms with van der Waals surface area (Å²) in [6.07, 6.45) is 2.37. The van der Waals surface area contributed by atoms with Crippen LogP contribution in [0.5, 0.6) is 5.75 Å². The topological polar surface area (TPSA) is 118 Å². The van der Waals surface area contributed by atoms with E-state index >= 15 is 0 Å². The summed E-state index contributed by atoms with van der Waals surface area (Å²) < 4.78 is 5.72. The van der Waals surface area contributed by atoms with Gasteiger partial charge in [0.1, 0.15) is 24.1 Å². The lowest BCUT2D eigenvalue weighted by molar-refractivity contribution is -0.116. The molecule has 0 fully saturated rings. The second-order valence-corrected chi connectivity index (χ2v) is 7.11. The first kappa shape index (κ1) is 21.8. The van der Waals surface area contributed by atoms with Gasteiger partial charge in [0, 0.05) is 18.3 Å². The zero-order chi connectivity index (χ0) is 22.2. The number of aryl methyl sites for hydroxylation is 1. The summed E-state index contributed by atoms with van der Waals surface area (Å²) in [5.41, 5.74) is 8.10. The van der Waals surface area contributed by atoms with E-state index in [4.69, 9.17) is 27.3 Å². The molecule has 2 aromatic carbocycles. The van der Waals surface area contributed by atoms with Crippen molar-refractivity contribution in [2.45, 2.75) is 19.4 Å². The van der Waals surface area contributed by atoms with Gasteiger partial charge in [-0.05, 0) is 60.0 Å². The zero-order valence-electron chi connectivity index (χ0n) is 16.5. The first-order valence-corrected chi connectivity index (χ1v) is 9.78. The molecule has 0 radical (unpaired) electrons. The van der Waals surface area contributed by atoms with Gasteiger partial charge in [0.15, 0.2) is 0 Å². The molecule has 0 saturated heterocycles. The number of halogens is 1. The zero-order valence-corrected chi connectivity index (χ0v) is 17.2. The summed E-state index contributed by atoms with van der Waals surface area (Å²) in [6.45, 7) is 0.275. The lowest BCUT2D eigenvalue weighted by Gasteiger charge is -2.09. The molecule has 3 N–H and O–H groups in total. The van der Waals surface area contributed by atoms with Crippen LogP contribution in [0, 0.1) is 11.3 Å². The Balaban J connectivity index is 1.48. The molecule has 31 heavy (non-hydrogen) atoms. The van der Waals surface area contributed by atoms with E-state index in [0.717, 1.165) is 11.1 Å². The molecule has 7 nitrogen and oxygen atoms in total. The number of nitrogens with one attached hydrogen (secondary N) is 1. The van der Waals surface area contributed by atoms with Gasteiger partial charge in [-0.15, -0.1) is 0 Å². The molecule has 0 spiro atoms. The number of primary amides is 1. The number of nitrogens with zero attached hydrogens (tertiary/aromatic N) is 2. The Morgan fingerprint density at radius 2 is 1.87 bits per heavy atom. The van der Waals surface area contributed by atoms with Gasteiger partial charge in [-0.25, -0.2) is 0 Å². The van der Waals surface area contributed by atoms with Crippen LogP contribution in [0.4, 0.5) is 5.69 Å². The third kappa shape index (κ3) is 6.29. The number of anilines is 1. The van der Waals surface area contributed by atoms with Crippen LogP contribution >= 0.6 is 11.6 Å². The summed E-state index contributed by atoms with van der Waals surface area (Å²) in [5, 5.41) is 12.0. The minimum absolute atomic E-state index is 0.149. The highest BCUT2D eigenvalue weighted by Gasteiger charge is 2.07. The van der Waals surface area contributed by atoms with Crippen LogP contribution in [0.15, 0.2) is 60.8 Å². The van der Waals surface area contributed by atoms with E-state index in [1.807, 2.05) is 30.3 Å². The van der Waals surface area contributed by atoms with E-state index in [2.05, 4.69) is 10.3 Å². The molecule has 0 aliphatic carbocycles. The van der Waals surface area contributed by atoms with Gasteiger partial charge < -0.3 is 15.8 Å². The molecule has 2 amide bonds. The number of pyridine rings is 1. The predicted molar refractivity (Wildman–Crippen MR) is 117 cm³/mol. The Kier molecular flexibility index (Phi) is 7.20. The number of aromatic nitrogens is 1. The number of ether oxygens (including phenoxy) is 1. The molecule has 1 heterocycles. The van der Waals surface area contributed by atoms with Crippen molar-refractivity contribution >= 4 is 29.1 Å². The third-order valence-corrected chi connectivity index (χ3v) is 4.73. The van der Waals surface area contributed by atoms with Gasteiger partial charge in [0.2, 0.25) is 5.91 Å². The molecule has 156 valence electrons. The number of carbonyl (C=O) groups excluding carboxylic acids is 2. The monoisotopic (exact) mass is 434 g/mol. The van der Waals surface area contributed by atoms with E-state index in [1.54, 1.807) is 30.3 Å². The Morgan fingerprint density at radius 3 is 2.55 bits per heavy atom. The standard InChI is InChI=1S/C23H19ClN4O3/c24-20-12-18(5-4-17(20)13-25)28-22(29)8-3-15-1-6-19(7-2-15)31-14-16-9-10-27-21(11-16)23(26)30/h1-2,4-7,9-12H,3,8,14H2,(H2,26,30)(H,28,29). The number of nitriles is 1.